The van der Waals surface area contributed by atoms with Crippen LogP contribution >= 0.6 is 15.9 Å². The van der Waals surface area contributed by atoms with Crippen LogP contribution in [-0.4, -0.2) is 45.7 Å². The highest BCUT2D eigenvalue weighted by Crippen LogP contribution is 2.19. The molecule has 1 heterocycles. The van der Waals surface area contributed by atoms with Crippen molar-refractivity contribution in [1.29, 1.82) is 0 Å². The van der Waals surface area contributed by atoms with Gasteiger partial charge in [-0.2, -0.15) is 0 Å². The van der Waals surface area contributed by atoms with Crippen LogP contribution in [0.25, 0.3) is 0 Å². The van der Waals surface area contributed by atoms with Crippen LogP contribution in [0.2, 0.25) is 0 Å². The quantitative estimate of drug-likeness (QED) is 0.866. The van der Waals surface area contributed by atoms with Crippen LogP contribution in [0.3, 0.4) is 0 Å². The molecule has 2 rings (SSSR count). The molecule has 1 aliphatic heterocycles. The van der Waals surface area contributed by atoms with Gasteiger partial charge in [0, 0.05) is 17.4 Å². The van der Waals surface area contributed by atoms with Crippen molar-refractivity contribution in [1.82, 2.24) is 4.90 Å². The monoisotopic (exact) mass is 327 g/mol. The molecule has 6 heteroatoms. The molecular formula is C13H14BrNO4. The lowest BCUT2D eigenvalue weighted by Crippen LogP contribution is -2.44. The highest BCUT2D eigenvalue weighted by molar-refractivity contribution is 9.10. The number of hydrogen-bond donors (Lipinski definition) is 2. The van der Waals surface area contributed by atoms with E-state index in [0.717, 1.165) is 10.0 Å². The van der Waals surface area contributed by atoms with E-state index < -0.39 is 18.1 Å². The topological polar surface area (TPSA) is 77.8 Å². The van der Waals surface area contributed by atoms with Gasteiger partial charge < -0.3 is 15.1 Å². The van der Waals surface area contributed by atoms with Gasteiger partial charge in [-0.25, -0.2) is 4.79 Å². The summed E-state index contributed by atoms with van der Waals surface area (Å²) in [4.78, 5) is 24.3. The molecule has 2 N–H and O–H groups in total. The molecule has 19 heavy (non-hydrogen) atoms. The van der Waals surface area contributed by atoms with Crippen molar-refractivity contribution >= 4 is 27.8 Å². The number of benzene rings is 1. The minimum Gasteiger partial charge on any atom is -0.480 e. The zero-order valence-corrected chi connectivity index (χ0v) is 11.7. The first-order chi connectivity index (χ1) is 8.97. The molecule has 0 bridgehead atoms. The van der Waals surface area contributed by atoms with Gasteiger partial charge in [-0.05, 0) is 17.7 Å². The molecule has 2 unspecified atom stereocenters. The van der Waals surface area contributed by atoms with Gasteiger partial charge in [0.2, 0.25) is 5.91 Å². The number of hydrogen-bond acceptors (Lipinski definition) is 3. The zero-order chi connectivity index (χ0) is 14.0. The van der Waals surface area contributed by atoms with E-state index in [1.54, 1.807) is 0 Å². The normalized spacial score (nSPS) is 20.6. The molecule has 0 spiro atoms. The number of aliphatic hydroxyl groups excluding tert-OH is 1. The van der Waals surface area contributed by atoms with Crippen LogP contribution < -0.4 is 0 Å². The highest BCUT2D eigenvalue weighted by Gasteiger charge is 2.36. The number of nitrogens with zero attached hydrogens (tertiary/aromatic N) is 1. The van der Waals surface area contributed by atoms with Crippen LogP contribution in [-0.2, 0) is 16.0 Å². The van der Waals surface area contributed by atoms with E-state index in [0.29, 0.717) is 0 Å². The van der Waals surface area contributed by atoms with Gasteiger partial charge in [0.1, 0.15) is 6.04 Å². The van der Waals surface area contributed by atoms with Gasteiger partial charge in [-0.1, -0.05) is 28.1 Å². The predicted octanol–water partition coefficient (Wildman–Crippen LogP) is 1.04. The van der Waals surface area contributed by atoms with E-state index >= 15 is 0 Å². The van der Waals surface area contributed by atoms with Crippen LogP contribution in [0.15, 0.2) is 28.7 Å². The maximum atomic E-state index is 11.7. The second-order valence-electron chi connectivity index (χ2n) is 4.59. The summed E-state index contributed by atoms with van der Waals surface area (Å²) in [6, 6.07) is 6.38. The maximum absolute atomic E-state index is 11.7. The SMILES string of the molecule is O=C(O)C(Cc1cccc(Br)c1)N1CC(O)CC1=O. The number of rotatable bonds is 4. The fourth-order valence-electron chi connectivity index (χ4n) is 2.23. The van der Waals surface area contributed by atoms with Gasteiger partial charge in [0.15, 0.2) is 0 Å². The Morgan fingerprint density at radius 3 is 2.79 bits per heavy atom. The maximum Gasteiger partial charge on any atom is 0.326 e. The Hall–Kier alpha value is -1.40. The first-order valence-electron chi connectivity index (χ1n) is 5.92. The van der Waals surface area contributed by atoms with Gasteiger partial charge in [0.25, 0.3) is 0 Å². The average Bonchev–Trinajstić information content (AvgIpc) is 2.65. The Kier molecular flexibility index (Phi) is 4.21. The first-order valence-corrected chi connectivity index (χ1v) is 6.71. The van der Waals surface area contributed by atoms with E-state index in [9.17, 15) is 19.8 Å². The number of carboxylic acids is 1. The second kappa shape index (κ2) is 5.71. The molecule has 1 saturated heterocycles. The van der Waals surface area contributed by atoms with Crippen LogP contribution in [0.4, 0.5) is 0 Å². The molecular weight excluding hydrogens is 314 g/mol. The number of β-amino-alcohol motifs (C(OH)–C–C–N with tert-alkyl or cyclic N) is 1. The van der Waals surface area contributed by atoms with Gasteiger partial charge in [0.05, 0.1) is 12.5 Å². The molecule has 2 atom stereocenters. The van der Waals surface area contributed by atoms with Crippen LogP contribution in [0.5, 0.6) is 0 Å². The fraction of sp³-hybridized carbons (Fsp3) is 0.385. The molecule has 1 amide bonds. The number of aliphatic carboxylic acids is 1. The molecule has 0 aliphatic carbocycles. The Labute approximate surface area is 119 Å². The number of carbonyl (C=O) groups is 2. The number of carbonyl (C=O) groups excluding carboxylic acids is 1. The Morgan fingerprint density at radius 2 is 2.26 bits per heavy atom. The third-order valence-corrected chi connectivity index (χ3v) is 3.61. The minimum absolute atomic E-state index is 0.00225. The standard InChI is InChI=1S/C13H14BrNO4/c14-9-3-1-2-8(4-9)5-11(13(18)19)15-7-10(16)6-12(15)17/h1-4,10-11,16H,5-7H2,(H,18,19). The summed E-state index contributed by atoms with van der Waals surface area (Å²) in [5.74, 6) is -1.36. The molecule has 5 nitrogen and oxygen atoms in total. The fourth-order valence-corrected chi connectivity index (χ4v) is 2.68. The van der Waals surface area contributed by atoms with Crippen molar-refractivity contribution in [3.05, 3.63) is 34.3 Å². The van der Waals surface area contributed by atoms with Crippen molar-refractivity contribution in [2.24, 2.45) is 0 Å². The molecule has 0 radical (unpaired) electrons. The molecule has 1 aromatic rings. The summed E-state index contributed by atoms with van der Waals surface area (Å²) < 4.78 is 0.863. The minimum atomic E-state index is -1.05. The van der Waals surface area contributed by atoms with Crippen molar-refractivity contribution in [3.63, 3.8) is 0 Å². The molecule has 1 fully saturated rings. The predicted molar refractivity (Wildman–Crippen MR) is 71.6 cm³/mol. The number of likely N-dealkylation sites (tertiary alicyclic amines) is 1. The Morgan fingerprint density at radius 1 is 1.53 bits per heavy atom. The molecule has 1 aliphatic rings. The van der Waals surface area contributed by atoms with E-state index in [1.165, 1.54) is 4.90 Å². The summed E-state index contributed by atoms with van der Waals surface area (Å²) in [7, 11) is 0. The van der Waals surface area contributed by atoms with Gasteiger partial charge >= 0.3 is 5.97 Å². The Bertz CT molecular complexity index is 505. The Balaban J connectivity index is 2.17. The summed E-state index contributed by atoms with van der Waals surface area (Å²) in [6.07, 6.45) is -0.535. The first kappa shape index (κ1) is 14.0. The number of amides is 1. The van der Waals surface area contributed by atoms with Crippen molar-refractivity contribution in [2.75, 3.05) is 6.54 Å². The van der Waals surface area contributed by atoms with Gasteiger partial charge in [-0.15, -0.1) is 0 Å². The smallest absolute Gasteiger partial charge is 0.326 e. The summed E-state index contributed by atoms with van der Waals surface area (Å²) >= 11 is 3.33. The van der Waals surface area contributed by atoms with Gasteiger partial charge in [-0.3, -0.25) is 4.79 Å². The molecule has 0 aromatic heterocycles. The number of aliphatic hydroxyl groups is 1. The highest BCUT2D eigenvalue weighted by atomic mass is 79.9. The summed E-state index contributed by atoms with van der Waals surface area (Å²) in [5.41, 5.74) is 0.830. The lowest BCUT2D eigenvalue weighted by atomic mass is 10.1. The molecule has 0 saturated carbocycles. The van der Waals surface area contributed by atoms with E-state index in [-0.39, 0.29) is 25.3 Å². The zero-order valence-electron chi connectivity index (χ0n) is 10.1. The summed E-state index contributed by atoms with van der Waals surface area (Å²) in [5, 5.41) is 18.7. The molecule has 1 aromatic carbocycles. The largest absolute Gasteiger partial charge is 0.480 e. The van der Waals surface area contributed by atoms with Crippen molar-refractivity contribution < 1.29 is 19.8 Å². The lowest BCUT2D eigenvalue weighted by Gasteiger charge is -2.24. The van der Waals surface area contributed by atoms with Crippen LogP contribution in [0.1, 0.15) is 12.0 Å². The summed E-state index contributed by atoms with van der Waals surface area (Å²) in [6.45, 7) is 0.0871. The van der Waals surface area contributed by atoms with Crippen LogP contribution in [0, 0.1) is 0 Å². The van der Waals surface area contributed by atoms with E-state index in [1.807, 2.05) is 24.3 Å². The lowest BCUT2D eigenvalue weighted by molar-refractivity contribution is -0.148. The second-order valence-corrected chi connectivity index (χ2v) is 5.51. The third kappa shape index (κ3) is 3.33. The molecule has 102 valence electrons. The van der Waals surface area contributed by atoms with Crippen molar-refractivity contribution in [2.45, 2.75) is 25.0 Å². The average molecular weight is 328 g/mol. The van der Waals surface area contributed by atoms with Crippen molar-refractivity contribution in [3.8, 4) is 0 Å². The number of carboxylic acid groups (broad SMARTS) is 1. The number of halogens is 1. The van der Waals surface area contributed by atoms with E-state index in [2.05, 4.69) is 15.9 Å². The third-order valence-electron chi connectivity index (χ3n) is 3.12. The van der Waals surface area contributed by atoms with E-state index in [4.69, 9.17) is 0 Å².